The summed E-state index contributed by atoms with van der Waals surface area (Å²) in [5.74, 6) is 1.56. The van der Waals surface area contributed by atoms with Gasteiger partial charge in [-0.25, -0.2) is 0 Å². The molecule has 0 saturated carbocycles. The molecule has 0 radical (unpaired) electrons. The molecule has 0 aliphatic rings. The Bertz CT molecular complexity index is 1270. The van der Waals surface area contributed by atoms with Gasteiger partial charge in [0.05, 0.1) is 17.9 Å². The molecular weight excluding hydrogens is 434 g/mol. The van der Waals surface area contributed by atoms with Gasteiger partial charge in [-0.2, -0.15) is 0 Å². The monoisotopic (exact) mass is 457 g/mol. The minimum absolute atomic E-state index is 0.0524. The van der Waals surface area contributed by atoms with Crippen LogP contribution in [0.4, 0.5) is 5.69 Å². The second-order valence-corrected chi connectivity index (χ2v) is 9.22. The lowest BCUT2D eigenvalue weighted by Crippen LogP contribution is -2.24. The zero-order valence-electron chi connectivity index (χ0n) is 17.5. The highest BCUT2D eigenvalue weighted by molar-refractivity contribution is 7.99. The van der Waals surface area contributed by atoms with Crippen LogP contribution in [0, 0.1) is 5.92 Å². The number of hydrogen-bond acceptors (Lipinski definition) is 7. The Morgan fingerprint density at radius 2 is 2.00 bits per heavy atom. The molecule has 0 spiro atoms. The lowest BCUT2D eigenvalue weighted by atomic mass is 10.2. The molecule has 0 aliphatic carbocycles. The first-order valence-corrected chi connectivity index (χ1v) is 11.8. The summed E-state index contributed by atoms with van der Waals surface area (Å²) in [6.45, 7) is 7.18. The van der Waals surface area contributed by atoms with Gasteiger partial charge in [0.1, 0.15) is 10.4 Å². The summed E-state index contributed by atoms with van der Waals surface area (Å²) in [6.07, 6.45) is 0. The van der Waals surface area contributed by atoms with Crippen molar-refractivity contribution in [2.45, 2.75) is 32.5 Å². The molecule has 0 bridgehead atoms. The number of thioether (sulfide) groups is 1. The fraction of sp³-hybridized carbons (Fsp3) is 0.333. The van der Waals surface area contributed by atoms with Gasteiger partial charge in [-0.3, -0.25) is 18.6 Å². The van der Waals surface area contributed by atoms with Gasteiger partial charge >= 0.3 is 0 Å². The average Bonchev–Trinajstić information content (AvgIpc) is 3.38. The summed E-state index contributed by atoms with van der Waals surface area (Å²) in [4.78, 5) is 25.4. The van der Waals surface area contributed by atoms with Crippen molar-refractivity contribution in [2.75, 3.05) is 17.7 Å². The first kappa shape index (κ1) is 21.4. The maximum atomic E-state index is 12.9. The average molecular weight is 458 g/mol. The van der Waals surface area contributed by atoms with E-state index in [1.807, 2.05) is 34.9 Å². The van der Waals surface area contributed by atoms with Gasteiger partial charge in [-0.05, 0) is 48.6 Å². The second-order valence-electron chi connectivity index (χ2n) is 7.36. The van der Waals surface area contributed by atoms with Crippen molar-refractivity contribution >= 4 is 50.7 Å². The SMILES string of the molecule is CCOc1ccc(NC(=O)CSc2nnc3n(CC(C)C)c(=O)c4sccc4n23)cc1. The molecular formula is C21H23N5O3S2. The summed E-state index contributed by atoms with van der Waals surface area (Å²) in [6, 6.07) is 9.14. The van der Waals surface area contributed by atoms with Crippen molar-refractivity contribution in [1.29, 1.82) is 0 Å². The van der Waals surface area contributed by atoms with Gasteiger partial charge in [-0.1, -0.05) is 25.6 Å². The number of fused-ring (bicyclic) bond motifs is 3. The van der Waals surface area contributed by atoms with Gasteiger partial charge in [0, 0.05) is 12.2 Å². The van der Waals surface area contributed by atoms with Crippen LogP contribution in [0.25, 0.3) is 16.0 Å². The Morgan fingerprint density at radius 1 is 1.23 bits per heavy atom. The minimum Gasteiger partial charge on any atom is -0.494 e. The number of ether oxygens (including phenoxy) is 1. The number of carbonyl (C=O) groups excluding carboxylic acids is 1. The molecule has 8 nitrogen and oxygen atoms in total. The summed E-state index contributed by atoms with van der Waals surface area (Å²) in [7, 11) is 0. The summed E-state index contributed by atoms with van der Waals surface area (Å²) < 4.78 is 9.61. The van der Waals surface area contributed by atoms with E-state index in [9.17, 15) is 9.59 Å². The zero-order chi connectivity index (χ0) is 22.0. The molecule has 0 saturated heterocycles. The first-order chi connectivity index (χ1) is 15.0. The normalized spacial score (nSPS) is 11.5. The van der Waals surface area contributed by atoms with Crippen molar-refractivity contribution in [1.82, 2.24) is 19.2 Å². The van der Waals surface area contributed by atoms with Gasteiger partial charge < -0.3 is 10.1 Å². The van der Waals surface area contributed by atoms with Gasteiger partial charge in [0.2, 0.25) is 11.7 Å². The standard InChI is InChI=1S/C21H23N5O3S2/c1-4-29-15-7-5-14(6-8-15)22-17(27)12-31-21-24-23-20-25(11-13(2)3)19(28)18-16(26(20)21)9-10-30-18/h5-10,13H,4,11-12H2,1-3H3,(H,22,27). The fourth-order valence-corrected chi connectivity index (χ4v) is 4.82. The first-order valence-electron chi connectivity index (χ1n) is 9.98. The highest BCUT2D eigenvalue weighted by Crippen LogP contribution is 2.25. The molecule has 0 unspecified atom stereocenters. The van der Waals surface area contributed by atoms with Crippen molar-refractivity contribution in [3.63, 3.8) is 0 Å². The third-order valence-corrected chi connectivity index (χ3v) is 6.33. The number of thiophene rings is 1. The van der Waals surface area contributed by atoms with Crippen LogP contribution >= 0.6 is 23.1 Å². The molecule has 0 fully saturated rings. The third kappa shape index (κ3) is 4.45. The van der Waals surface area contributed by atoms with E-state index in [2.05, 4.69) is 29.4 Å². The van der Waals surface area contributed by atoms with E-state index in [-0.39, 0.29) is 23.1 Å². The van der Waals surface area contributed by atoms with Crippen LogP contribution in [-0.2, 0) is 11.3 Å². The van der Waals surface area contributed by atoms with Crippen LogP contribution in [-0.4, -0.2) is 37.4 Å². The molecule has 10 heteroatoms. The predicted octanol–water partition coefficient (Wildman–Crippen LogP) is 3.89. The number of nitrogens with zero attached hydrogens (tertiary/aromatic N) is 4. The maximum absolute atomic E-state index is 12.9. The smallest absolute Gasteiger partial charge is 0.272 e. The number of anilines is 1. The highest BCUT2D eigenvalue weighted by atomic mass is 32.2. The fourth-order valence-electron chi connectivity index (χ4n) is 3.25. The van der Waals surface area contributed by atoms with E-state index in [4.69, 9.17) is 4.74 Å². The topological polar surface area (TPSA) is 90.5 Å². The zero-order valence-corrected chi connectivity index (χ0v) is 19.1. The van der Waals surface area contributed by atoms with Crippen molar-refractivity contribution < 1.29 is 9.53 Å². The molecule has 1 N–H and O–H groups in total. The molecule has 31 heavy (non-hydrogen) atoms. The number of rotatable bonds is 8. The van der Waals surface area contributed by atoms with Crippen LogP contribution in [0.1, 0.15) is 20.8 Å². The Kier molecular flexibility index (Phi) is 6.28. The largest absolute Gasteiger partial charge is 0.494 e. The Hall–Kier alpha value is -2.85. The summed E-state index contributed by atoms with van der Waals surface area (Å²) in [5, 5.41) is 13.9. The Balaban J connectivity index is 1.55. The van der Waals surface area contributed by atoms with E-state index in [1.54, 1.807) is 16.7 Å². The number of carbonyl (C=O) groups is 1. The number of aromatic nitrogens is 4. The van der Waals surface area contributed by atoms with Crippen LogP contribution in [0.2, 0.25) is 0 Å². The van der Waals surface area contributed by atoms with Crippen molar-refractivity contribution in [2.24, 2.45) is 5.92 Å². The van der Waals surface area contributed by atoms with Gasteiger partial charge in [0.15, 0.2) is 5.16 Å². The number of amides is 1. The summed E-state index contributed by atoms with van der Waals surface area (Å²) >= 11 is 2.69. The number of hydrogen-bond donors (Lipinski definition) is 1. The number of nitrogens with one attached hydrogen (secondary N) is 1. The van der Waals surface area contributed by atoms with Gasteiger partial charge in [0.25, 0.3) is 5.56 Å². The van der Waals surface area contributed by atoms with E-state index in [1.165, 1.54) is 23.1 Å². The minimum atomic E-state index is -0.150. The third-order valence-electron chi connectivity index (χ3n) is 4.51. The van der Waals surface area contributed by atoms with E-state index >= 15 is 0 Å². The molecule has 0 aliphatic heterocycles. The predicted molar refractivity (Wildman–Crippen MR) is 124 cm³/mol. The van der Waals surface area contributed by atoms with E-state index in [0.29, 0.717) is 34.5 Å². The van der Waals surface area contributed by atoms with Crippen LogP contribution in [0.3, 0.4) is 0 Å². The van der Waals surface area contributed by atoms with Gasteiger partial charge in [-0.15, -0.1) is 21.5 Å². The van der Waals surface area contributed by atoms with Crippen molar-refractivity contribution in [3.8, 4) is 5.75 Å². The summed E-state index contributed by atoms with van der Waals surface area (Å²) in [5.41, 5.74) is 1.42. The van der Waals surface area contributed by atoms with Crippen molar-refractivity contribution in [3.05, 3.63) is 46.1 Å². The lowest BCUT2D eigenvalue weighted by molar-refractivity contribution is -0.113. The quantitative estimate of drug-likeness (QED) is 0.404. The van der Waals surface area contributed by atoms with Crippen LogP contribution in [0.5, 0.6) is 5.75 Å². The molecule has 4 aromatic rings. The van der Waals surface area contributed by atoms with Crippen LogP contribution < -0.4 is 15.6 Å². The van der Waals surface area contributed by atoms with E-state index in [0.717, 1.165) is 11.3 Å². The lowest BCUT2D eigenvalue weighted by Gasteiger charge is -2.11. The Labute approximate surface area is 187 Å². The molecule has 3 aromatic heterocycles. The number of benzene rings is 1. The second kappa shape index (κ2) is 9.11. The highest BCUT2D eigenvalue weighted by Gasteiger charge is 2.19. The van der Waals surface area contributed by atoms with E-state index < -0.39 is 0 Å². The molecule has 3 heterocycles. The molecule has 4 rings (SSSR count). The maximum Gasteiger partial charge on any atom is 0.272 e. The van der Waals surface area contributed by atoms with Crippen LogP contribution in [0.15, 0.2) is 45.7 Å². The Morgan fingerprint density at radius 3 is 2.71 bits per heavy atom. The molecule has 1 amide bonds. The molecule has 1 aromatic carbocycles. The molecule has 162 valence electrons. The molecule has 0 atom stereocenters.